The van der Waals surface area contributed by atoms with Gasteiger partial charge in [-0.1, -0.05) is 6.92 Å². The molecule has 0 aromatic carbocycles. The highest BCUT2D eigenvalue weighted by Gasteiger charge is 2.64. The van der Waals surface area contributed by atoms with Crippen molar-refractivity contribution in [1.29, 1.82) is 0 Å². The Labute approximate surface area is 146 Å². The van der Waals surface area contributed by atoms with Crippen molar-refractivity contribution in [3.63, 3.8) is 0 Å². The van der Waals surface area contributed by atoms with Gasteiger partial charge in [0.2, 0.25) is 15.9 Å². The molecule has 2 aliphatic heterocycles. The molecule has 0 radical (unpaired) electrons. The number of hydrogen-bond donors (Lipinski definition) is 0. The molecule has 0 N–H and O–H groups in total. The third-order valence-electron chi connectivity index (χ3n) is 6.89. The van der Waals surface area contributed by atoms with Crippen molar-refractivity contribution in [2.24, 2.45) is 16.7 Å². The highest BCUT2D eigenvalue weighted by atomic mass is 32.2. The minimum Gasteiger partial charge on any atom is -0.348 e. The summed E-state index contributed by atoms with van der Waals surface area (Å²) >= 11 is 0. The smallest absolute Gasteiger partial charge is 0.229 e. The molecule has 3 rings (SSSR count). The monoisotopic (exact) mass is 357 g/mol. The molecule has 1 amide bonds. The Hall–Kier alpha value is -0.660. The van der Waals surface area contributed by atoms with Gasteiger partial charge in [0.15, 0.2) is 0 Å². The fourth-order valence-corrected chi connectivity index (χ4v) is 6.40. The van der Waals surface area contributed by atoms with Crippen molar-refractivity contribution in [3.05, 3.63) is 0 Å². The zero-order chi connectivity index (χ0) is 17.8. The number of piperidine rings is 1. The van der Waals surface area contributed by atoms with Gasteiger partial charge < -0.3 is 9.80 Å². The maximum Gasteiger partial charge on any atom is 0.229 e. The molecule has 1 aliphatic carbocycles. The molecule has 0 aromatic rings. The summed E-state index contributed by atoms with van der Waals surface area (Å²) in [6, 6.07) is 0. The largest absolute Gasteiger partial charge is 0.348 e. The van der Waals surface area contributed by atoms with Gasteiger partial charge in [0.25, 0.3) is 0 Å². The summed E-state index contributed by atoms with van der Waals surface area (Å²) in [6.07, 6.45) is 5.10. The first-order chi connectivity index (χ1) is 11.1. The van der Waals surface area contributed by atoms with Crippen LogP contribution < -0.4 is 0 Å². The van der Waals surface area contributed by atoms with Crippen LogP contribution in [-0.2, 0) is 14.8 Å². The van der Waals surface area contributed by atoms with E-state index in [1.807, 2.05) is 14.1 Å². The number of nitrogens with zero attached hydrogens (tertiary/aromatic N) is 3. The van der Waals surface area contributed by atoms with Gasteiger partial charge in [-0.25, -0.2) is 12.7 Å². The number of rotatable bonds is 3. The molecule has 24 heavy (non-hydrogen) atoms. The Bertz CT molecular complexity index is 611. The second kappa shape index (κ2) is 5.95. The second-order valence-corrected chi connectivity index (χ2v) is 10.2. The van der Waals surface area contributed by atoms with E-state index in [4.69, 9.17) is 0 Å². The molecule has 7 heteroatoms. The molecule has 2 heterocycles. The standard InChI is InChI=1S/C17H31N3O3S/c1-5-19-12-14-16(8-10-20(11-9-16)24(4,22)23)6-7-17(14,13-19)15(21)18(2)3/h14H,5-13H2,1-4H3/t14-,17+/m1/s1. The fraction of sp³-hybridized carbons (Fsp3) is 0.941. The summed E-state index contributed by atoms with van der Waals surface area (Å²) in [5, 5.41) is 0. The molecule has 3 fully saturated rings. The van der Waals surface area contributed by atoms with E-state index in [-0.39, 0.29) is 16.7 Å². The molecule has 1 spiro atoms. The Morgan fingerprint density at radius 1 is 1.17 bits per heavy atom. The minimum absolute atomic E-state index is 0.136. The molecule has 0 unspecified atom stereocenters. The molecular weight excluding hydrogens is 326 g/mol. The number of fused-ring (bicyclic) bond motifs is 2. The van der Waals surface area contributed by atoms with Crippen LogP contribution >= 0.6 is 0 Å². The van der Waals surface area contributed by atoms with Crippen LogP contribution in [0.15, 0.2) is 0 Å². The average Bonchev–Trinajstić information content (AvgIpc) is 3.03. The van der Waals surface area contributed by atoms with Crippen LogP contribution in [0.2, 0.25) is 0 Å². The quantitative estimate of drug-likeness (QED) is 0.751. The van der Waals surface area contributed by atoms with Crippen molar-refractivity contribution < 1.29 is 13.2 Å². The summed E-state index contributed by atoms with van der Waals surface area (Å²) in [5.41, 5.74) is -0.121. The van der Waals surface area contributed by atoms with Crippen LogP contribution in [0.1, 0.15) is 32.6 Å². The summed E-state index contributed by atoms with van der Waals surface area (Å²) in [7, 11) is 0.615. The van der Waals surface area contributed by atoms with Crippen LogP contribution in [0.3, 0.4) is 0 Å². The van der Waals surface area contributed by atoms with E-state index >= 15 is 0 Å². The zero-order valence-electron chi connectivity index (χ0n) is 15.4. The van der Waals surface area contributed by atoms with Crippen LogP contribution in [0.5, 0.6) is 0 Å². The van der Waals surface area contributed by atoms with Crippen molar-refractivity contribution >= 4 is 15.9 Å². The van der Waals surface area contributed by atoms with Gasteiger partial charge >= 0.3 is 0 Å². The van der Waals surface area contributed by atoms with Crippen molar-refractivity contribution in [3.8, 4) is 0 Å². The van der Waals surface area contributed by atoms with E-state index in [1.54, 1.807) is 9.21 Å². The number of likely N-dealkylation sites (tertiary alicyclic amines) is 1. The highest BCUT2D eigenvalue weighted by Crippen LogP contribution is 2.62. The number of hydrogen-bond acceptors (Lipinski definition) is 4. The molecule has 3 aliphatic rings. The molecule has 2 saturated heterocycles. The lowest BCUT2D eigenvalue weighted by Crippen LogP contribution is -2.49. The van der Waals surface area contributed by atoms with E-state index in [1.165, 1.54) is 6.26 Å². The zero-order valence-corrected chi connectivity index (χ0v) is 16.2. The molecule has 0 aromatic heterocycles. The van der Waals surface area contributed by atoms with Gasteiger partial charge in [-0.05, 0) is 43.6 Å². The van der Waals surface area contributed by atoms with Crippen LogP contribution in [0, 0.1) is 16.7 Å². The van der Waals surface area contributed by atoms with Crippen molar-refractivity contribution in [2.45, 2.75) is 32.6 Å². The van der Waals surface area contributed by atoms with E-state index in [0.29, 0.717) is 19.0 Å². The summed E-state index contributed by atoms with van der Waals surface area (Å²) in [4.78, 5) is 17.2. The topological polar surface area (TPSA) is 60.9 Å². The van der Waals surface area contributed by atoms with Crippen LogP contribution in [0.4, 0.5) is 0 Å². The molecule has 1 saturated carbocycles. The first-order valence-electron chi connectivity index (χ1n) is 9.04. The number of carbonyl (C=O) groups is 1. The third kappa shape index (κ3) is 2.69. The summed E-state index contributed by atoms with van der Waals surface area (Å²) in [5.74, 6) is 0.632. The van der Waals surface area contributed by atoms with Gasteiger partial charge in [-0.15, -0.1) is 0 Å². The SMILES string of the molecule is CCN1C[C@@H]2C3(CCN(S(C)(=O)=O)CC3)CC[C@]2(C(=O)N(C)C)C1. The van der Waals surface area contributed by atoms with E-state index < -0.39 is 10.0 Å². The number of sulfonamides is 1. The van der Waals surface area contributed by atoms with Crippen molar-refractivity contribution in [2.75, 3.05) is 53.1 Å². The fourth-order valence-electron chi connectivity index (χ4n) is 5.56. The third-order valence-corrected chi connectivity index (χ3v) is 8.19. The predicted octanol–water partition coefficient (Wildman–Crippen LogP) is 0.848. The lowest BCUT2D eigenvalue weighted by Gasteiger charge is -2.44. The summed E-state index contributed by atoms with van der Waals surface area (Å²) in [6.45, 7) is 6.19. The van der Waals surface area contributed by atoms with Gasteiger partial charge in [-0.2, -0.15) is 0 Å². The van der Waals surface area contributed by atoms with Crippen molar-refractivity contribution in [1.82, 2.24) is 14.1 Å². The normalized spacial score (nSPS) is 33.8. The first kappa shape index (κ1) is 18.1. The molecule has 2 atom stereocenters. The van der Waals surface area contributed by atoms with Gasteiger partial charge in [-0.3, -0.25) is 4.79 Å². The lowest BCUT2D eigenvalue weighted by atomic mass is 9.66. The lowest BCUT2D eigenvalue weighted by molar-refractivity contribution is -0.141. The Morgan fingerprint density at radius 2 is 1.79 bits per heavy atom. The molecule has 6 nitrogen and oxygen atoms in total. The summed E-state index contributed by atoms with van der Waals surface area (Å²) < 4.78 is 25.3. The van der Waals surface area contributed by atoms with E-state index in [2.05, 4.69) is 11.8 Å². The minimum atomic E-state index is -3.11. The average molecular weight is 358 g/mol. The number of amides is 1. The first-order valence-corrected chi connectivity index (χ1v) is 10.9. The van der Waals surface area contributed by atoms with Crippen LogP contribution in [-0.4, -0.2) is 81.5 Å². The molecule has 138 valence electrons. The molecule has 0 bridgehead atoms. The highest BCUT2D eigenvalue weighted by molar-refractivity contribution is 7.88. The van der Waals surface area contributed by atoms with E-state index in [9.17, 15) is 13.2 Å². The van der Waals surface area contributed by atoms with Crippen LogP contribution in [0.25, 0.3) is 0 Å². The maximum atomic E-state index is 13.1. The Morgan fingerprint density at radius 3 is 2.29 bits per heavy atom. The second-order valence-electron chi connectivity index (χ2n) is 8.26. The van der Waals surface area contributed by atoms with Gasteiger partial charge in [0.05, 0.1) is 11.7 Å². The number of carbonyl (C=O) groups excluding carboxylic acids is 1. The van der Waals surface area contributed by atoms with Gasteiger partial charge in [0, 0.05) is 40.3 Å². The maximum absolute atomic E-state index is 13.1. The predicted molar refractivity (Wildman–Crippen MR) is 94.0 cm³/mol. The van der Waals surface area contributed by atoms with Gasteiger partial charge in [0.1, 0.15) is 0 Å². The Balaban J connectivity index is 1.86. The molecular formula is C17H31N3O3S. The van der Waals surface area contributed by atoms with E-state index in [0.717, 1.165) is 45.3 Å². The Kier molecular flexibility index (Phi) is 4.50.